The van der Waals surface area contributed by atoms with Gasteiger partial charge in [-0.1, -0.05) is 0 Å². The van der Waals surface area contributed by atoms with Gasteiger partial charge in [0.25, 0.3) is 11.8 Å². The molecule has 0 aliphatic heterocycles. The molecular formula is C21H27F3N4O2. The van der Waals surface area contributed by atoms with E-state index in [0.717, 1.165) is 6.20 Å². The highest BCUT2D eigenvalue weighted by atomic mass is 19.3. The molecule has 1 heterocycles. The molecule has 1 atom stereocenters. The lowest BCUT2D eigenvalue weighted by Crippen LogP contribution is -2.42. The number of carbonyl (C=O) groups excluding carboxylic acids is 1. The Morgan fingerprint density at radius 2 is 1.97 bits per heavy atom. The fraction of sp³-hybridized carbons (Fsp3) is 0.429. The summed E-state index contributed by atoms with van der Waals surface area (Å²) >= 11 is 0. The summed E-state index contributed by atoms with van der Waals surface area (Å²) in [5, 5.41) is 0. The minimum atomic E-state index is -3.20. The van der Waals surface area contributed by atoms with E-state index in [1.807, 2.05) is 25.9 Å². The highest BCUT2D eigenvalue weighted by molar-refractivity contribution is 6.00. The van der Waals surface area contributed by atoms with Gasteiger partial charge in [0.2, 0.25) is 5.88 Å². The number of hydrogen-bond donors (Lipinski definition) is 1. The first-order valence-electron chi connectivity index (χ1n) is 9.50. The number of ether oxygens (including phenoxy) is 1. The van der Waals surface area contributed by atoms with Crippen LogP contribution >= 0.6 is 0 Å². The smallest absolute Gasteiger partial charge is 0.272 e. The maximum absolute atomic E-state index is 14.1. The maximum atomic E-state index is 14.1. The van der Waals surface area contributed by atoms with Crippen LogP contribution in [0.3, 0.4) is 0 Å². The molecule has 1 amide bonds. The summed E-state index contributed by atoms with van der Waals surface area (Å²) in [6, 6.07) is 5.35. The Kier molecular flexibility index (Phi) is 7.17. The molecule has 0 bridgehead atoms. The third kappa shape index (κ3) is 5.34. The van der Waals surface area contributed by atoms with Crippen molar-refractivity contribution in [3.05, 3.63) is 47.4 Å². The molecule has 0 saturated heterocycles. The predicted octanol–water partition coefficient (Wildman–Crippen LogP) is 3.91. The Balaban J connectivity index is 2.17. The van der Waals surface area contributed by atoms with E-state index in [2.05, 4.69) is 4.98 Å². The van der Waals surface area contributed by atoms with Gasteiger partial charge in [0.15, 0.2) is 5.82 Å². The average molecular weight is 424 g/mol. The van der Waals surface area contributed by atoms with E-state index in [4.69, 9.17) is 10.5 Å². The molecule has 0 aliphatic carbocycles. The Hall–Kier alpha value is -2.97. The Bertz CT molecular complexity index is 900. The third-order valence-electron chi connectivity index (χ3n) is 4.64. The van der Waals surface area contributed by atoms with Gasteiger partial charge in [-0.25, -0.2) is 18.2 Å². The average Bonchev–Trinajstić information content (AvgIpc) is 2.66. The third-order valence-corrected chi connectivity index (χ3v) is 4.64. The monoisotopic (exact) mass is 424 g/mol. The van der Waals surface area contributed by atoms with E-state index in [-0.39, 0.29) is 12.5 Å². The number of carbonyl (C=O) groups is 1. The Labute approximate surface area is 174 Å². The molecule has 0 fully saturated rings. The van der Waals surface area contributed by atoms with Crippen LogP contribution in [0.15, 0.2) is 30.5 Å². The zero-order valence-corrected chi connectivity index (χ0v) is 17.7. The number of anilines is 2. The highest BCUT2D eigenvalue weighted by Crippen LogP contribution is 2.29. The van der Waals surface area contributed by atoms with E-state index in [1.54, 1.807) is 30.0 Å². The molecule has 2 aromatic rings. The largest absolute Gasteiger partial charge is 0.473 e. The zero-order chi connectivity index (χ0) is 22.6. The number of halogens is 3. The van der Waals surface area contributed by atoms with Gasteiger partial charge in [-0.2, -0.15) is 0 Å². The van der Waals surface area contributed by atoms with Crippen molar-refractivity contribution in [3.63, 3.8) is 0 Å². The van der Waals surface area contributed by atoms with Crippen LogP contribution in [0.1, 0.15) is 36.7 Å². The van der Waals surface area contributed by atoms with Gasteiger partial charge in [0.1, 0.15) is 6.61 Å². The molecule has 9 heteroatoms. The van der Waals surface area contributed by atoms with E-state index >= 15 is 0 Å². The number of aromatic nitrogens is 1. The number of alkyl halides is 2. The minimum absolute atomic E-state index is 0.0645. The van der Waals surface area contributed by atoms with E-state index in [9.17, 15) is 18.0 Å². The number of rotatable bonds is 8. The fourth-order valence-corrected chi connectivity index (χ4v) is 2.99. The van der Waals surface area contributed by atoms with Crippen LogP contribution in [0.25, 0.3) is 0 Å². The Morgan fingerprint density at radius 3 is 2.50 bits per heavy atom. The lowest BCUT2D eigenvalue weighted by atomic mass is 10.1. The highest BCUT2D eigenvalue weighted by Gasteiger charge is 2.27. The van der Waals surface area contributed by atoms with Crippen molar-refractivity contribution in [1.82, 2.24) is 9.88 Å². The molecular weight excluding hydrogens is 397 g/mol. The van der Waals surface area contributed by atoms with Crippen LogP contribution in [0, 0.1) is 5.82 Å². The van der Waals surface area contributed by atoms with Gasteiger partial charge in [-0.3, -0.25) is 4.79 Å². The molecule has 1 aromatic heterocycles. The van der Waals surface area contributed by atoms with Gasteiger partial charge >= 0.3 is 0 Å². The molecule has 30 heavy (non-hydrogen) atoms. The molecule has 0 spiro atoms. The van der Waals surface area contributed by atoms with Gasteiger partial charge < -0.3 is 20.3 Å². The van der Waals surface area contributed by atoms with Crippen molar-refractivity contribution in [2.75, 3.05) is 37.9 Å². The van der Waals surface area contributed by atoms with Crippen LogP contribution in [0.2, 0.25) is 0 Å². The number of likely N-dealkylation sites (N-methyl/N-ethyl adjacent to an activating group) is 1. The first kappa shape index (κ1) is 23.3. The van der Waals surface area contributed by atoms with Crippen molar-refractivity contribution >= 4 is 17.3 Å². The van der Waals surface area contributed by atoms with Crippen LogP contribution < -0.4 is 15.4 Å². The molecule has 0 saturated carbocycles. The van der Waals surface area contributed by atoms with Gasteiger partial charge in [0, 0.05) is 50.7 Å². The van der Waals surface area contributed by atoms with E-state index in [0.29, 0.717) is 36.5 Å². The predicted molar refractivity (Wildman–Crippen MR) is 111 cm³/mol. The van der Waals surface area contributed by atoms with Crippen LogP contribution in [-0.2, 0) is 5.92 Å². The second kappa shape index (κ2) is 9.23. The maximum Gasteiger partial charge on any atom is 0.272 e. The van der Waals surface area contributed by atoms with E-state index < -0.39 is 29.2 Å². The zero-order valence-electron chi connectivity index (χ0n) is 17.7. The molecule has 2 N–H and O–H groups in total. The standard InChI is InChI=1S/C21H27F3N4O2/c1-6-28(20(29)16-10-15(25)7-8-18(16)27(4)5)13(2)12-30-19-17(22)9-14(11-26-19)21(3,23)24/h7-11,13H,6,12,25H2,1-5H3. The second-order valence-electron chi connectivity index (χ2n) is 7.32. The van der Waals surface area contributed by atoms with E-state index in [1.165, 1.54) is 0 Å². The molecule has 164 valence electrons. The quantitative estimate of drug-likeness (QED) is 0.651. The van der Waals surface area contributed by atoms with Crippen molar-refractivity contribution in [1.29, 1.82) is 0 Å². The number of nitrogen functional groups attached to an aromatic ring is 1. The molecule has 6 nitrogen and oxygen atoms in total. The van der Waals surface area contributed by atoms with Crippen LogP contribution in [-0.4, -0.2) is 49.1 Å². The first-order valence-corrected chi connectivity index (χ1v) is 9.50. The molecule has 2 rings (SSSR count). The van der Waals surface area contributed by atoms with Crippen molar-refractivity contribution in [3.8, 4) is 5.88 Å². The molecule has 1 unspecified atom stereocenters. The molecule has 1 aromatic carbocycles. The number of nitrogens with two attached hydrogens (primary N) is 1. The minimum Gasteiger partial charge on any atom is -0.473 e. The normalized spacial score (nSPS) is 12.4. The van der Waals surface area contributed by atoms with Crippen LogP contribution in [0.5, 0.6) is 5.88 Å². The summed E-state index contributed by atoms with van der Waals surface area (Å²) in [6.07, 6.45) is 0.877. The molecule has 0 aliphatic rings. The van der Waals surface area contributed by atoms with Gasteiger partial charge in [-0.05, 0) is 38.1 Å². The number of pyridine rings is 1. The summed E-state index contributed by atoms with van der Waals surface area (Å²) in [7, 11) is 3.64. The second-order valence-corrected chi connectivity index (χ2v) is 7.32. The fourth-order valence-electron chi connectivity index (χ4n) is 2.99. The molecule has 0 radical (unpaired) electrons. The number of nitrogens with zero attached hydrogens (tertiary/aromatic N) is 3. The summed E-state index contributed by atoms with van der Waals surface area (Å²) < 4.78 is 46.1. The number of benzene rings is 1. The summed E-state index contributed by atoms with van der Waals surface area (Å²) in [4.78, 5) is 20.2. The van der Waals surface area contributed by atoms with Crippen molar-refractivity contribution < 1.29 is 22.7 Å². The summed E-state index contributed by atoms with van der Waals surface area (Å²) in [6.45, 7) is 4.53. The number of hydrogen-bond acceptors (Lipinski definition) is 5. The lowest BCUT2D eigenvalue weighted by Gasteiger charge is -2.29. The summed E-state index contributed by atoms with van der Waals surface area (Å²) in [5.74, 6) is -4.83. The topological polar surface area (TPSA) is 71.7 Å². The van der Waals surface area contributed by atoms with Crippen molar-refractivity contribution in [2.24, 2.45) is 0 Å². The number of amides is 1. The van der Waals surface area contributed by atoms with Crippen LogP contribution in [0.4, 0.5) is 24.5 Å². The summed E-state index contributed by atoms with van der Waals surface area (Å²) in [5.41, 5.74) is 6.93. The van der Waals surface area contributed by atoms with Crippen molar-refractivity contribution in [2.45, 2.75) is 32.7 Å². The Morgan fingerprint density at radius 1 is 1.30 bits per heavy atom. The SMILES string of the molecule is CCN(C(=O)c1cc(N)ccc1N(C)C)C(C)COc1ncc(C(C)(F)F)cc1F. The van der Waals surface area contributed by atoms with Gasteiger partial charge in [-0.15, -0.1) is 0 Å². The first-order chi connectivity index (χ1) is 14.0. The lowest BCUT2D eigenvalue weighted by molar-refractivity contribution is 0.0165. The van der Waals surface area contributed by atoms with Gasteiger partial charge in [0.05, 0.1) is 11.6 Å².